The molecule has 0 aromatic rings. The van der Waals surface area contributed by atoms with Crippen molar-refractivity contribution >= 4 is 123 Å². The summed E-state index contributed by atoms with van der Waals surface area (Å²) in [4.78, 5) is 89.0. The zero-order valence-corrected chi connectivity index (χ0v) is 59.9. The molecular formula is C56H84Cl7N7O35. The van der Waals surface area contributed by atoms with Crippen molar-refractivity contribution in [2.75, 3.05) is 87.0 Å². The molecule has 21 aliphatic heterocycles. The molecule has 21 heterocycles. The molecule has 42 nitrogen and oxygen atoms in total. The minimum atomic E-state index is -2.36. The third kappa shape index (κ3) is 21.7. The van der Waals surface area contributed by atoms with Gasteiger partial charge in [-0.05, 0) is 0 Å². The summed E-state index contributed by atoms with van der Waals surface area (Å²) in [5.41, 5.74) is 0. The quantitative estimate of drug-likeness (QED) is 0.0475. The molecule has 21 saturated heterocycles. The molecule has 49 heteroatoms. The molecule has 7 amide bonds. The fraction of sp³-hybridized carbons (Fsp3) is 0.875. The van der Waals surface area contributed by atoms with Gasteiger partial charge in [0, 0.05) is 45.8 Å². The lowest BCUT2D eigenvalue weighted by Crippen LogP contribution is -2.69. The normalized spacial score (nSPS) is 43.3. The van der Waals surface area contributed by atoms with E-state index in [0.29, 0.717) is 0 Å². The number of carbonyl (C=O) groups excluding carboxylic acids is 7. The van der Waals surface area contributed by atoms with Gasteiger partial charge in [0.15, 0.2) is 44.0 Å². The highest BCUT2D eigenvalue weighted by Crippen LogP contribution is 2.39. The second-order valence-corrected chi connectivity index (χ2v) is 26.8. The van der Waals surface area contributed by atoms with Crippen LogP contribution in [0.15, 0.2) is 0 Å². The van der Waals surface area contributed by atoms with E-state index in [4.69, 9.17) is 148 Å². The van der Waals surface area contributed by atoms with Crippen molar-refractivity contribution in [3.8, 4) is 0 Å². The molecule has 0 aromatic heterocycles. The van der Waals surface area contributed by atoms with E-state index >= 15 is 0 Å². The molecule has 21 rings (SSSR count). The van der Waals surface area contributed by atoms with Crippen LogP contribution in [0.1, 0.15) is 0 Å². The van der Waals surface area contributed by atoms with E-state index < -0.39 is 343 Å². The van der Waals surface area contributed by atoms with Crippen LogP contribution in [-0.2, 0) is 99.9 Å². The van der Waals surface area contributed by atoms with Gasteiger partial charge in [0.05, 0.1) is 0 Å². The number of halogens is 7. The molecule has 0 aliphatic carbocycles. The van der Waals surface area contributed by atoms with Crippen LogP contribution >= 0.6 is 81.2 Å². The number of aliphatic hydroxyl groups excluding tert-OH is 14. The van der Waals surface area contributed by atoms with Crippen LogP contribution in [0.4, 0.5) is 0 Å². The molecule has 21 N–H and O–H groups in total. The van der Waals surface area contributed by atoms with Crippen LogP contribution in [-0.4, -0.2) is 415 Å². The highest BCUT2D eigenvalue weighted by atomic mass is 35.5. The Morgan fingerprint density at radius 1 is 0.190 bits per heavy atom. The van der Waals surface area contributed by atoms with Gasteiger partial charge in [-0.15, -0.1) is 81.2 Å². The van der Waals surface area contributed by atoms with E-state index in [2.05, 4.69) is 37.2 Å². The van der Waals surface area contributed by atoms with Gasteiger partial charge in [0.25, 0.3) is 0 Å². The molecule has 0 aromatic carbocycles. The summed E-state index contributed by atoms with van der Waals surface area (Å²) in [5, 5.41) is 184. The van der Waals surface area contributed by atoms with Crippen LogP contribution in [0.2, 0.25) is 0 Å². The van der Waals surface area contributed by atoms with E-state index in [9.17, 15) is 105 Å². The minimum Gasteiger partial charge on any atom is -0.387 e. The van der Waals surface area contributed by atoms with E-state index in [0.717, 1.165) is 0 Å². The molecule has 0 unspecified atom stereocenters. The lowest BCUT2D eigenvalue weighted by atomic mass is 9.94. The molecule has 14 bridgehead atoms. The second kappa shape index (κ2) is 40.6. The Kier molecular flexibility index (Phi) is 33.9. The van der Waals surface area contributed by atoms with Crippen LogP contribution in [0, 0.1) is 0 Å². The lowest BCUT2D eigenvalue weighted by molar-refractivity contribution is -0.391. The molecule has 0 saturated carbocycles. The van der Waals surface area contributed by atoms with E-state index in [1.807, 2.05) is 0 Å². The molecular weight excluding hydrogens is 1580 g/mol. The number of alkyl halides is 7. The van der Waals surface area contributed by atoms with Gasteiger partial charge < -0.3 is 175 Å². The summed E-state index contributed by atoms with van der Waals surface area (Å²) >= 11 is 40.5. The Hall–Kier alpha value is -2.80. The molecule has 105 heavy (non-hydrogen) atoms. The number of hydrogen-bond donors (Lipinski definition) is 21. The summed E-state index contributed by atoms with van der Waals surface area (Å²) in [6.45, 7) is -5.09. The zero-order valence-electron chi connectivity index (χ0n) is 54.6. The van der Waals surface area contributed by atoms with Crippen molar-refractivity contribution < 1.29 is 171 Å². The van der Waals surface area contributed by atoms with Gasteiger partial charge in [-0.3, -0.25) is 33.6 Å². The summed E-state index contributed by atoms with van der Waals surface area (Å²) in [6, 6.07) is 0. The van der Waals surface area contributed by atoms with Crippen molar-refractivity contribution in [3.05, 3.63) is 0 Å². The minimum absolute atomic E-state index is 0.674. The second-order valence-electron chi connectivity index (χ2n) is 24.9. The predicted octanol–water partition coefficient (Wildman–Crippen LogP) is -12.7. The van der Waals surface area contributed by atoms with E-state index in [1.54, 1.807) is 0 Å². The van der Waals surface area contributed by atoms with Crippen LogP contribution in [0.25, 0.3) is 0 Å². The monoisotopic (exact) mass is 1660 g/mol. The Morgan fingerprint density at radius 3 is 0.390 bits per heavy atom. The standard InChI is InChI=1S/C56H84Cl7N7O35/c57-1-22(71)64-8-15-43-29(78)36(85)50(92-15)100-44-16(9-65-23(72)2-58)94-52(38(87)31(44)80)102-46-18(11-67-25(74)4-60)96-54(40(89)33(46)82)104-48-20(13-69-27(76)6-62)98-56(42(91)35(48)84)105-49-21(14-70-28(77)7-63)97-55(41(90)34(49)83)103-47-19(12-68-26(75)5-61)95-53(39(88)32(47)81)101-45-17(10-66-24(73)3-59)93-51(99-43)37(86)30(45)79/h15-21,29-56,78-91H,1-14H2,(H,64,71)(H,65,72)(H,66,73)(H,67,74)(H,68,75)(H,69,76)(H,70,77)/t15-,16-,17-,18-,19-,20-,21+,29+,30-,31+,32-,33+,34-,35-,36-,37-,38-,39-,40+,41-,42-,43-,44-,45-,46-,47-,48-,49-,50-,51-,52-,53-,54-,55-,56-/m1/s1. The van der Waals surface area contributed by atoms with Crippen LogP contribution in [0.5, 0.6) is 0 Å². The topological polar surface area (TPSA) is 616 Å². The number of rotatable bonds is 21. The largest absolute Gasteiger partial charge is 0.387 e. The predicted molar refractivity (Wildman–Crippen MR) is 345 cm³/mol. The molecule has 0 spiro atoms. The van der Waals surface area contributed by atoms with Crippen molar-refractivity contribution in [1.82, 2.24) is 37.2 Å². The van der Waals surface area contributed by atoms with Crippen molar-refractivity contribution in [3.63, 3.8) is 0 Å². The third-order valence-corrected chi connectivity index (χ3v) is 19.6. The van der Waals surface area contributed by atoms with Gasteiger partial charge in [0.1, 0.15) is 212 Å². The van der Waals surface area contributed by atoms with Gasteiger partial charge in [-0.25, -0.2) is 0 Å². The number of aliphatic hydroxyl groups is 14. The Morgan fingerprint density at radius 2 is 0.295 bits per heavy atom. The first kappa shape index (κ1) is 87.8. The third-order valence-electron chi connectivity index (χ3n) is 17.9. The van der Waals surface area contributed by atoms with Crippen molar-refractivity contribution in [2.24, 2.45) is 0 Å². The fourth-order valence-corrected chi connectivity index (χ4v) is 13.0. The summed E-state index contributed by atoms with van der Waals surface area (Å²) in [7, 11) is 0. The first-order valence-corrected chi connectivity index (χ1v) is 36.1. The average molecular weight is 1660 g/mol. The van der Waals surface area contributed by atoms with E-state index in [1.165, 1.54) is 0 Å². The average Bonchev–Trinajstić information content (AvgIpc) is 0.791. The van der Waals surface area contributed by atoms with Crippen molar-refractivity contribution in [2.45, 2.75) is 215 Å². The Labute approximate surface area is 630 Å². The van der Waals surface area contributed by atoms with Crippen LogP contribution in [0.3, 0.4) is 0 Å². The number of nitrogens with one attached hydrogen (secondary N) is 7. The first-order chi connectivity index (χ1) is 49.9. The Bertz CT molecular complexity index is 2350. The number of amides is 7. The number of carbonyl (C=O) groups is 7. The molecule has 35 atom stereocenters. The number of ether oxygens (including phenoxy) is 14. The maximum absolute atomic E-state index is 12.7. The fourth-order valence-electron chi connectivity index (χ4n) is 12.4. The first-order valence-electron chi connectivity index (χ1n) is 32.4. The molecule has 0 radical (unpaired) electrons. The van der Waals surface area contributed by atoms with Gasteiger partial charge >= 0.3 is 0 Å². The zero-order chi connectivity index (χ0) is 77.0. The maximum Gasteiger partial charge on any atom is 0.235 e. The van der Waals surface area contributed by atoms with Gasteiger partial charge in [-0.1, -0.05) is 0 Å². The van der Waals surface area contributed by atoms with E-state index in [-0.39, 0.29) is 0 Å². The lowest BCUT2D eigenvalue weighted by Gasteiger charge is -2.50. The molecule has 21 fully saturated rings. The molecule has 21 aliphatic rings. The smallest absolute Gasteiger partial charge is 0.235 e. The SMILES string of the molecule is O=C(CCl)NC[C@@H]1O[C@@H]2O[C@H]3[C@H](O)[C@@H](O)[C@@H](O[C@H]4[C@H](O)[C@@H](O)[C@@H](O[C@H]5[C@@H](O)[C@@H](O)[C@@H](O[C@H]6[C@@H](O)[C@@H](O)[C@@H](O[C@H]7[C@@H](O)[C@H](O)[C@@H](O[C@H]8[C@H](O)[C@@H](O)[C@@H](O[C@H]1[C@H](O)[C@H]2O)O[C@@H]8CNC(=O)CCl)O[C@@H]7CNC(=O)CCl)O[C@@H]6CNC(=O)CCl)O[C@@H]5CNC(=O)CCl)O[C@@H]4CNC(=O)CCl)O[C@@H]3CNC(=O)CCl. The van der Waals surface area contributed by atoms with Gasteiger partial charge in [0.2, 0.25) is 41.4 Å². The highest BCUT2D eigenvalue weighted by molar-refractivity contribution is 6.29. The van der Waals surface area contributed by atoms with Crippen LogP contribution < -0.4 is 37.2 Å². The summed E-state index contributed by atoms with van der Waals surface area (Å²) in [6.07, 6.45) is -74.8. The number of hydrogen-bond acceptors (Lipinski definition) is 35. The summed E-state index contributed by atoms with van der Waals surface area (Å²) in [5.74, 6) is -10.8. The summed E-state index contributed by atoms with van der Waals surface area (Å²) < 4.78 is 84.9. The van der Waals surface area contributed by atoms with Gasteiger partial charge in [-0.2, -0.15) is 0 Å². The Balaban J connectivity index is 1.21. The highest BCUT2D eigenvalue weighted by Gasteiger charge is 2.60. The maximum atomic E-state index is 12.7. The van der Waals surface area contributed by atoms with Crippen molar-refractivity contribution in [1.29, 1.82) is 0 Å². The molecule has 602 valence electrons.